The Kier molecular flexibility index (Phi) is 3.13. The van der Waals surface area contributed by atoms with Gasteiger partial charge in [-0.1, -0.05) is 12.2 Å². The maximum absolute atomic E-state index is 10.00. The van der Waals surface area contributed by atoms with Crippen LogP contribution in [0.25, 0.3) is 0 Å². The van der Waals surface area contributed by atoms with Crippen LogP contribution in [0.4, 0.5) is 5.69 Å². The topological polar surface area (TPSA) is 51.0 Å². The number of nitrogens with zero attached hydrogens (tertiary/aromatic N) is 1. The molecular formula is C17H18BrNO3. The molecule has 1 aliphatic carbocycles. The molecule has 1 aromatic rings. The molecule has 0 bridgehead atoms. The van der Waals surface area contributed by atoms with Crippen molar-refractivity contribution >= 4 is 27.3 Å². The zero-order valence-corrected chi connectivity index (χ0v) is 14.2. The lowest BCUT2D eigenvalue weighted by molar-refractivity contribution is 0.0855. The summed E-state index contributed by atoms with van der Waals surface area (Å²) in [5, 5.41) is 10.00. The van der Waals surface area contributed by atoms with E-state index in [1.807, 2.05) is 12.1 Å². The maximum atomic E-state index is 10.00. The molecule has 0 saturated heterocycles. The largest absolute Gasteiger partial charge is 0.492 e. The van der Waals surface area contributed by atoms with Crippen LogP contribution in [0.2, 0.25) is 0 Å². The Balaban J connectivity index is 2.02. The minimum atomic E-state index is -0.451. The van der Waals surface area contributed by atoms with Gasteiger partial charge in [-0.25, -0.2) is 0 Å². The highest BCUT2D eigenvalue weighted by molar-refractivity contribution is 9.10. The molecule has 3 atom stereocenters. The van der Waals surface area contributed by atoms with E-state index in [-0.39, 0.29) is 11.5 Å². The Morgan fingerprint density at radius 3 is 3.09 bits per heavy atom. The monoisotopic (exact) mass is 363 g/mol. The van der Waals surface area contributed by atoms with Crippen LogP contribution in [0.3, 0.4) is 0 Å². The molecule has 5 heteroatoms. The van der Waals surface area contributed by atoms with E-state index in [2.05, 4.69) is 28.9 Å². The number of benzene rings is 1. The molecule has 3 aliphatic rings. The van der Waals surface area contributed by atoms with Crippen molar-refractivity contribution < 1.29 is 14.6 Å². The number of aliphatic hydroxyl groups is 1. The van der Waals surface area contributed by atoms with Crippen molar-refractivity contribution in [3.05, 3.63) is 28.3 Å². The van der Waals surface area contributed by atoms with Crippen LogP contribution in [0, 0.1) is 0 Å². The second-order valence-corrected chi connectivity index (χ2v) is 7.13. The van der Waals surface area contributed by atoms with E-state index in [9.17, 15) is 5.11 Å². The number of hydrogen-bond donors (Lipinski definition) is 1. The molecule has 0 fully saturated rings. The molecule has 0 saturated carbocycles. The highest BCUT2D eigenvalue weighted by Crippen LogP contribution is 2.59. The van der Waals surface area contributed by atoms with Gasteiger partial charge < -0.3 is 14.6 Å². The molecule has 4 rings (SSSR count). The van der Waals surface area contributed by atoms with E-state index < -0.39 is 6.10 Å². The first-order valence-electron chi connectivity index (χ1n) is 7.54. The lowest BCUT2D eigenvalue weighted by Gasteiger charge is -2.35. The zero-order valence-electron chi connectivity index (χ0n) is 12.6. The molecule has 116 valence electrons. The zero-order chi connectivity index (χ0) is 15.5. The molecule has 0 radical (unpaired) electrons. The van der Waals surface area contributed by atoms with Crippen molar-refractivity contribution in [2.24, 2.45) is 4.99 Å². The summed E-state index contributed by atoms with van der Waals surface area (Å²) in [4.78, 5) is 4.79. The van der Waals surface area contributed by atoms with Crippen molar-refractivity contribution in [3.8, 4) is 11.5 Å². The SMILES string of the molecule is COc1c(Br)cc2c3c1O[C@H]1C[C@@H](O)C=C[C@]31CCC(C)=N2. The fourth-order valence-electron chi connectivity index (χ4n) is 3.89. The standard InChI is InChI=1S/C17H18BrNO3/c1-9-3-5-17-6-4-10(20)7-13(17)22-16-14(17)12(19-9)8-11(18)15(16)21-2/h4,6,8,10,13,20H,3,5,7H2,1-2H3/t10-,13-,17-/m0/s1. The Morgan fingerprint density at radius 2 is 2.32 bits per heavy atom. The van der Waals surface area contributed by atoms with E-state index in [1.165, 1.54) is 0 Å². The molecule has 1 aromatic carbocycles. The van der Waals surface area contributed by atoms with Gasteiger partial charge in [0.15, 0.2) is 11.5 Å². The maximum Gasteiger partial charge on any atom is 0.175 e. The number of hydrogen-bond acceptors (Lipinski definition) is 4. The van der Waals surface area contributed by atoms with Gasteiger partial charge in [-0.05, 0) is 41.8 Å². The molecule has 2 aliphatic heterocycles. The van der Waals surface area contributed by atoms with E-state index in [4.69, 9.17) is 14.5 Å². The number of rotatable bonds is 1. The third kappa shape index (κ3) is 1.82. The molecule has 0 amide bonds. The molecule has 2 heterocycles. The first-order chi connectivity index (χ1) is 10.5. The Morgan fingerprint density at radius 1 is 1.50 bits per heavy atom. The Hall–Kier alpha value is -1.33. The summed E-state index contributed by atoms with van der Waals surface area (Å²) >= 11 is 3.56. The number of aliphatic imine (C=N–C) groups is 1. The smallest absolute Gasteiger partial charge is 0.175 e. The molecule has 4 nitrogen and oxygen atoms in total. The lowest BCUT2D eigenvalue weighted by atomic mass is 9.69. The van der Waals surface area contributed by atoms with Gasteiger partial charge in [0.05, 0.1) is 28.8 Å². The van der Waals surface area contributed by atoms with Crippen molar-refractivity contribution in [1.82, 2.24) is 0 Å². The van der Waals surface area contributed by atoms with Gasteiger partial charge in [0.25, 0.3) is 0 Å². The van der Waals surface area contributed by atoms with E-state index in [0.717, 1.165) is 40.0 Å². The van der Waals surface area contributed by atoms with Gasteiger partial charge in [-0.15, -0.1) is 0 Å². The highest BCUT2D eigenvalue weighted by Gasteiger charge is 2.52. The molecule has 1 N–H and O–H groups in total. The van der Waals surface area contributed by atoms with Crippen molar-refractivity contribution in [3.63, 3.8) is 0 Å². The minimum absolute atomic E-state index is 0.0643. The molecular weight excluding hydrogens is 346 g/mol. The molecule has 22 heavy (non-hydrogen) atoms. The van der Waals surface area contributed by atoms with Crippen LogP contribution in [0.1, 0.15) is 31.7 Å². The molecule has 0 unspecified atom stereocenters. The van der Waals surface area contributed by atoms with Gasteiger partial charge in [0.1, 0.15) is 6.10 Å². The van der Waals surface area contributed by atoms with Gasteiger partial charge >= 0.3 is 0 Å². The average molecular weight is 364 g/mol. The first-order valence-corrected chi connectivity index (χ1v) is 8.33. The number of aliphatic hydroxyl groups excluding tert-OH is 1. The summed E-state index contributed by atoms with van der Waals surface area (Å²) in [5.41, 5.74) is 2.97. The van der Waals surface area contributed by atoms with Crippen molar-refractivity contribution in [1.29, 1.82) is 0 Å². The predicted octanol–water partition coefficient (Wildman–Crippen LogP) is 3.66. The average Bonchev–Trinajstić information content (AvgIpc) is 2.72. The quantitative estimate of drug-likeness (QED) is 0.774. The lowest BCUT2D eigenvalue weighted by Crippen LogP contribution is -2.41. The number of methoxy groups -OCH3 is 1. The van der Waals surface area contributed by atoms with Crippen molar-refractivity contribution in [2.45, 2.75) is 43.8 Å². The Labute approximate surface area is 138 Å². The fourth-order valence-corrected chi connectivity index (χ4v) is 4.45. The minimum Gasteiger partial charge on any atom is -0.492 e. The second-order valence-electron chi connectivity index (χ2n) is 6.27. The first kappa shape index (κ1) is 14.3. The Bertz CT molecular complexity index is 712. The fraction of sp³-hybridized carbons (Fsp3) is 0.471. The molecule has 0 aromatic heterocycles. The summed E-state index contributed by atoms with van der Waals surface area (Å²) in [7, 11) is 1.65. The second kappa shape index (κ2) is 4.83. The summed E-state index contributed by atoms with van der Waals surface area (Å²) in [6, 6.07) is 2.01. The third-order valence-corrected chi connectivity index (χ3v) is 5.55. The highest BCUT2D eigenvalue weighted by atomic mass is 79.9. The predicted molar refractivity (Wildman–Crippen MR) is 88.6 cm³/mol. The van der Waals surface area contributed by atoms with Crippen molar-refractivity contribution in [2.75, 3.05) is 7.11 Å². The summed E-state index contributed by atoms with van der Waals surface area (Å²) in [5.74, 6) is 1.49. The van der Waals surface area contributed by atoms with Gasteiger partial charge in [-0.2, -0.15) is 0 Å². The van der Waals surface area contributed by atoms with E-state index in [0.29, 0.717) is 12.2 Å². The number of ether oxygens (including phenoxy) is 2. The summed E-state index contributed by atoms with van der Waals surface area (Å²) < 4.78 is 12.7. The van der Waals surface area contributed by atoms with Gasteiger partial charge in [-0.3, -0.25) is 4.99 Å². The van der Waals surface area contributed by atoms with Crippen LogP contribution in [-0.4, -0.2) is 30.1 Å². The summed E-state index contributed by atoms with van der Waals surface area (Å²) in [6.07, 6.45) is 5.98. The molecule has 1 spiro atoms. The van der Waals surface area contributed by atoms with Gasteiger partial charge in [0.2, 0.25) is 0 Å². The van der Waals surface area contributed by atoms with E-state index in [1.54, 1.807) is 7.11 Å². The van der Waals surface area contributed by atoms with Crippen LogP contribution < -0.4 is 9.47 Å². The summed E-state index contributed by atoms with van der Waals surface area (Å²) in [6.45, 7) is 2.07. The van der Waals surface area contributed by atoms with Crippen LogP contribution in [-0.2, 0) is 5.41 Å². The van der Waals surface area contributed by atoms with E-state index >= 15 is 0 Å². The van der Waals surface area contributed by atoms with Gasteiger partial charge in [0, 0.05) is 17.7 Å². The third-order valence-electron chi connectivity index (χ3n) is 4.96. The van der Waals surface area contributed by atoms with Crippen LogP contribution in [0.5, 0.6) is 11.5 Å². The number of halogens is 1. The normalized spacial score (nSPS) is 31.7. The van der Waals surface area contributed by atoms with Crippen LogP contribution >= 0.6 is 15.9 Å². The van der Waals surface area contributed by atoms with Crippen LogP contribution in [0.15, 0.2) is 27.7 Å².